The second-order valence-corrected chi connectivity index (χ2v) is 19.2. The van der Waals surface area contributed by atoms with E-state index in [9.17, 15) is 35.4 Å². The van der Waals surface area contributed by atoms with E-state index in [0.717, 1.165) is 44.9 Å². The number of allylic oxidation sites excluding steroid dienone is 1. The average Bonchev–Trinajstić information content (AvgIpc) is 3.28. The van der Waals surface area contributed by atoms with Crippen molar-refractivity contribution in [2.24, 2.45) is 0 Å². The van der Waals surface area contributed by atoms with Crippen molar-refractivity contribution in [2.45, 2.75) is 307 Å². The third-order valence-corrected chi connectivity index (χ3v) is 13.2. The van der Waals surface area contributed by atoms with E-state index in [0.29, 0.717) is 6.42 Å². The van der Waals surface area contributed by atoms with E-state index in [1.807, 2.05) is 6.08 Å². The second kappa shape index (κ2) is 43.5. The maximum absolute atomic E-state index is 13.1. The summed E-state index contributed by atoms with van der Waals surface area (Å²) in [5.41, 5.74) is 0. The van der Waals surface area contributed by atoms with Crippen LogP contribution in [0.1, 0.15) is 258 Å². The molecule has 10 heteroatoms. The lowest BCUT2D eigenvalue weighted by Gasteiger charge is -2.40. The first-order valence-electron chi connectivity index (χ1n) is 27.0. The number of aliphatic hydroxyl groups is 6. The Morgan fingerprint density at radius 2 is 0.905 bits per heavy atom. The second-order valence-electron chi connectivity index (χ2n) is 19.2. The summed E-state index contributed by atoms with van der Waals surface area (Å²) in [6, 6.07) is -0.975. The van der Waals surface area contributed by atoms with Gasteiger partial charge in [-0.05, 0) is 19.3 Å². The molecular weight excluding hydrogens is 795 g/mol. The summed E-state index contributed by atoms with van der Waals surface area (Å²) in [6.07, 6.45) is 41.7. The summed E-state index contributed by atoms with van der Waals surface area (Å²) in [7, 11) is 0. The molecule has 1 aliphatic heterocycles. The SMILES string of the molecule is CCCCCCCCCCCCCC/C=C/C(O)C(COC1OC(CO)C(O)C(O)C1O)NC(=O)C(O)CCCCCCCCCCCCCCCCCCCCCCCCCC. The molecule has 0 aromatic heterocycles. The lowest BCUT2D eigenvalue weighted by Crippen LogP contribution is -2.60. The van der Waals surface area contributed by atoms with Crippen LogP contribution in [-0.2, 0) is 14.3 Å². The Balaban J connectivity index is 2.26. The lowest BCUT2D eigenvalue weighted by molar-refractivity contribution is -0.302. The molecular formula is C53H103NO9. The van der Waals surface area contributed by atoms with Gasteiger partial charge in [0.25, 0.3) is 0 Å². The predicted molar refractivity (Wildman–Crippen MR) is 260 cm³/mol. The summed E-state index contributed by atoms with van der Waals surface area (Å²) in [4.78, 5) is 13.1. The zero-order chi connectivity index (χ0) is 46.0. The highest BCUT2D eigenvalue weighted by molar-refractivity contribution is 5.80. The molecule has 63 heavy (non-hydrogen) atoms. The number of amides is 1. The predicted octanol–water partition coefficient (Wildman–Crippen LogP) is 11.4. The maximum atomic E-state index is 13.1. The van der Waals surface area contributed by atoms with Gasteiger partial charge in [-0.1, -0.05) is 251 Å². The molecule has 374 valence electrons. The number of aliphatic hydroxyl groups excluding tert-OH is 6. The Kier molecular flexibility index (Phi) is 41.3. The summed E-state index contributed by atoms with van der Waals surface area (Å²) >= 11 is 0. The number of carbonyl (C=O) groups is 1. The van der Waals surface area contributed by atoms with Gasteiger partial charge in [-0.25, -0.2) is 0 Å². The Morgan fingerprint density at radius 3 is 1.29 bits per heavy atom. The highest BCUT2D eigenvalue weighted by Crippen LogP contribution is 2.23. The van der Waals surface area contributed by atoms with Crippen LogP contribution in [0.5, 0.6) is 0 Å². The Morgan fingerprint density at radius 1 is 0.540 bits per heavy atom. The normalized spacial score (nSPS) is 20.7. The zero-order valence-corrected chi connectivity index (χ0v) is 41.0. The van der Waals surface area contributed by atoms with E-state index >= 15 is 0 Å². The number of rotatable bonds is 46. The summed E-state index contributed by atoms with van der Waals surface area (Å²) in [5, 5.41) is 64.9. The highest BCUT2D eigenvalue weighted by Gasteiger charge is 2.44. The molecule has 0 aromatic carbocycles. The fourth-order valence-corrected chi connectivity index (χ4v) is 8.81. The van der Waals surface area contributed by atoms with Crippen LogP contribution in [0.4, 0.5) is 0 Å². The molecule has 1 fully saturated rings. The van der Waals surface area contributed by atoms with Crippen molar-refractivity contribution in [3.05, 3.63) is 12.2 Å². The molecule has 7 N–H and O–H groups in total. The monoisotopic (exact) mass is 898 g/mol. The standard InChI is InChI=1S/C53H103NO9/c1-3-5-7-9-11-13-15-17-19-20-21-22-23-24-25-26-27-28-30-32-34-36-38-40-42-47(57)52(61)54-45(44-62-53-51(60)50(59)49(58)48(43-55)63-53)46(56)41-39-37-35-33-31-29-18-16-14-12-10-8-6-4-2/h39,41,45-51,53,55-60H,3-38,40,42-44H2,1-2H3,(H,54,61)/b41-39+. The first kappa shape index (κ1) is 59.9. The summed E-state index contributed by atoms with van der Waals surface area (Å²) in [5.74, 6) is -0.611. The van der Waals surface area contributed by atoms with Crippen molar-refractivity contribution in [3.63, 3.8) is 0 Å². The number of hydrogen-bond donors (Lipinski definition) is 7. The van der Waals surface area contributed by atoms with Crippen LogP contribution < -0.4 is 5.32 Å². The smallest absolute Gasteiger partial charge is 0.249 e. The lowest BCUT2D eigenvalue weighted by atomic mass is 9.99. The van der Waals surface area contributed by atoms with Crippen molar-refractivity contribution in [2.75, 3.05) is 13.2 Å². The molecule has 8 atom stereocenters. The number of ether oxygens (including phenoxy) is 2. The van der Waals surface area contributed by atoms with Gasteiger partial charge in [0.1, 0.15) is 30.5 Å². The van der Waals surface area contributed by atoms with Gasteiger partial charge in [0.15, 0.2) is 6.29 Å². The molecule has 8 unspecified atom stereocenters. The average molecular weight is 898 g/mol. The van der Waals surface area contributed by atoms with Crippen molar-refractivity contribution in [1.82, 2.24) is 5.32 Å². The van der Waals surface area contributed by atoms with Crippen molar-refractivity contribution in [1.29, 1.82) is 0 Å². The number of hydrogen-bond acceptors (Lipinski definition) is 9. The van der Waals surface area contributed by atoms with E-state index < -0.39 is 61.5 Å². The van der Waals surface area contributed by atoms with Crippen LogP contribution in [0, 0.1) is 0 Å². The van der Waals surface area contributed by atoms with Crippen molar-refractivity contribution < 1.29 is 44.9 Å². The third-order valence-electron chi connectivity index (χ3n) is 13.2. The van der Waals surface area contributed by atoms with Gasteiger partial charge in [0.05, 0.1) is 25.4 Å². The minimum absolute atomic E-state index is 0.301. The molecule has 10 nitrogen and oxygen atoms in total. The highest BCUT2D eigenvalue weighted by atomic mass is 16.7. The van der Waals surface area contributed by atoms with E-state index in [2.05, 4.69) is 19.2 Å². The van der Waals surface area contributed by atoms with Gasteiger partial charge in [0.2, 0.25) is 5.91 Å². The van der Waals surface area contributed by atoms with Crippen molar-refractivity contribution >= 4 is 5.91 Å². The van der Waals surface area contributed by atoms with Crippen LogP contribution in [0.2, 0.25) is 0 Å². The Labute approximate surface area is 387 Å². The minimum Gasteiger partial charge on any atom is -0.394 e. The summed E-state index contributed by atoms with van der Waals surface area (Å²) in [6.45, 7) is 3.64. The van der Waals surface area contributed by atoms with Crippen LogP contribution in [0.15, 0.2) is 12.2 Å². The molecule has 0 radical (unpaired) electrons. The van der Waals surface area contributed by atoms with Gasteiger partial charge >= 0.3 is 0 Å². The molecule has 1 heterocycles. The van der Waals surface area contributed by atoms with Crippen molar-refractivity contribution in [3.8, 4) is 0 Å². The Bertz CT molecular complexity index is 1010. The van der Waals surface area contributed by atoms with E-state index in [1.54, 1.807) is 6.08 Å². The van der Waals surface area contributed by atoms with E-state index in [-0.39, 0.29) is 6.61 Å². The maximum Gasteiger partial charge on any atom is 0.249 e. The molecule has 0 bridgehead atoms. The largest absolute Gasteiger partial charge is 0.394 e. The topological polar surface area (TPSA) is 169 Å². The number of unbranched alkanes of at least 4 members (excludes halogenated alkanes) is 35. The molecule has 0 saturated carbocycles. The molecule has 0 aromatic rings. The van der Waals surface area contributed by atoms with Gasteiger partial charge in [-0.15, -0.1) is 0 Å². The van der Waals surface area contributed by atoms with E-state index in [1.165, 1.54) is 193 Å². The summed E-state index contributed by atoms with van der Waals surface area (Å²) < 4.78 is 11.2. The molecule has 1 saturated heterocycles. The number of carbonyl (C=O) groups excluding carboxylic acids is 1. The third kappa shape index (κ3) is 33.1. The first-order valence-corrected chi connectivity index (χ1v) is 27.0. The van der Waals surface area contributed by atoms with Gasteiger partial charge in [0, 0.05) is 0 Å². The van der Waals surface area contributed by atoms with Gasteiger partial charge < -0.3 is 45.4 Å². The van der Waals surface area contributed by atoms with Gasteiger partial charge in [-0.2, -0.15) is 0 Å². The first-order chi connectivity index (χ1) is 30.8. The Hall–Kier alpha value is -1.11. The van der Waals surface area contributed by atoms with E-state index in [4.69, 9.17) is 9.47 Å². The molecule has 0 aliphatic carbocycles. The number of nitrogens with one attached hydrogen (secondary N) is 1. The molecule has 0 spiro atoms. The fourth-order valence-electron chi connectivity index (χ4n) is 8.81. The van der Waals surface area contributed by atoms with Crippen LogP contribution >= 0.6 is 0 Å². The zero-order valence-electron chi connectivity index (χ0n) is 41.0. The molecule has 1 aliphatic rings. The van der Waals surface area contributed by atoms with Crippen LogP contribution in [-0.4, -0.2) is 98.7 Å². The molecule has 1 rings (SSSR count). The quantitative estimate of drug-likeness (QED) is 0.0232. The van der Waals surface area contributed by atoms with Crippen LogP contribution in [0.3, 0.4) is 0 Å². The fraction of sp³-hybridized carbons (Fsp3) is 0.943. The van der Waals surface area contributed by atoms with Gasteiger partial charge in [-0.3, -0.25) is 4.79 Å². The van der Waals surface area contributed by atoms with Crippen LogP contribution in [0.25, 0.3) is 0 Å². The minimum atomic E-state index is -1.61. The molecule has 1 amide bonds.